The molecule has 0 fully saturated rings. The molecule has 3 rings (SSSR count). The van der Waals surface area contributed by atoms with Crippen LogP contribution in [0.2, 0.25) is 0 Å². The largest absolute Gasteiger partial charge is 0.497 e. The van der Waals surface area contributed by atoms with E-state index in [0.29, 0.717) is 13.2 Å². The van der Waals surface area contributed by atoms with Crippen molar-refractivity contribution in [2.24, 2.45) is 0 Å². The Labute approximate surface area is 160 Å². The third-order valence-electron chi connectivity index (χ3n) is 4.62. The SMILES string of the molecule is COc1ccc2cc([C@H](C)C(=O)NCCOc3cccc(C)c3)ccc2c1. The zero-order valence-corrected chi connectivity index (χ0v) is 16.0. The van der Waals surface area contributed by atoms with E-state index in [1.54, 1.807) is 7.11 Å². The number of nitrogens with one attached hydrogen (secondary N) is 1. The molecular formula is C23H25NO3. The molecule has 0 aliphatic carbocycles. The maximum absolute atomic E-state index is 12.5. The molecule has 0 aliphatic rings. The number of aryl methyl sites for hydroxylation is 1. The third kappa shape index (κ3) is 4.79. The Kier molecular flexibility index (Phi) is 5.97. The predicted molar refractivity (Wildman–Crippen MR) is 109 cm³/mol. The summed E-state index contributed by atoms with van der Waals surface area (Å²) in [5, 5.41) is 5.14. The first-order valence-corrected chi connectivity index (χ1v) is 9.11. The maximum Gasteiger partial charge on any atom is 0.227 e. The second kappa shape index (κ2) is 8.58. The highest BCUT2D eigenvalue weighted by molar-refractivity contribution is 5.88. The molecule has 0 spiro atoms. The summed E-state index contributed by atoms with van der Waals surface area (Å²) < 4.78 is 10.9. The first kappa shape index (κ1) is 18.8. The van der Waals surface area contributed by atoms with E-state index in [1.165, 1.54) is 0 Å². The molecule has 0 saturated heterocycles. The molecule has 1 N–H and O–H groups in total. The highest BCUT2D eigenvalue weighted by Crippen LogP contribution is 2.25. The molecule has 3 aromatic carbocycles. The minimum Gasteiger partial charge on any atom is -0.497 e. The van der Waals surface area contributed by atoms with Gasteiger partial charge in [0, 0.05) is 0 Å². The van der Waals surface area contributed by atoms with Crippen molar-refractivity contribution in [2.45, 2.75) is 19.8 Å². The number of hydrogen-bond acceptors (Lipinski definition) is 3. The van der Waals surface area contributed by atoms with Gasteiger partial charge in [0.15, 0.2) is 0 Å². The van der Waals surface area contributed by atoms with E-state index in [-0.39, 0.29) is 11.8 Å². The summed E-state index contributed by atoms with van der Waals surface area (Å²) in [4.78, 5) is 12.5. The summed E-state index contributed by atoms with van der Waals surface area (Å²) in [6.45, 7) is 4.86. The second-order valence-corrected chi connectivity index (χ2v) is 6.65. The Morgan fingerprint density at radius 3 is 2.56 bits per heavy atom. The lowest BCUT2D eigenvalue weighted by Gasteiger charge is -2.14. The Hall–Kier alpha value is -3.01. The van der Waals surface area contributed by atoms with Crippen LogP contribution in [0.3, 0.4) is 0 Å². The van der Waals surface area contributed by atoms with Gasteiger partial charge in [0.2, 0.25) is 5.91 Å². The molecule has 0 heterocycles. The first-order valence-electron chi connectivity index (χ1n) is 9.11. The number of ether oxygens (including phenoxy) is 2. The van der Waals surface area contributed by atoms with Gasteiger partial charge in [0.25, 0.3) is 0 Å². The Balaban J connectivity index is 1.55. The predicted octanol–water partition coefficient (Wildman–Crippen LogP) is 4.46. The Bertz CT molecular complexity index is 936. The van der Waals surface area contributed by atoms with Crippen LogP contribution < -0.4 is 14.8 Å². The Morgan fingerprint density at radius 1 is 1.00 bits per heavy atom. The van der Waals surface area contributed by atoms with Gasteiger partial charge < -0.3 is 14.8 Å². The van der Waals surface area contributed by atoms with Crippen molar-refractivity contribution in [1.29, 1.82) is 0 Å². The van der Waals surface area contributed by atoms with Gasteiger partial charge in [0.1, 0.15) is 18.1 Å². The number of rotatable bonds is 7. The summed E-state index contributed by atoms with van der Waals surface area (Å²) in [5.74, 6) is 1.42. The van der Waals surface area contributed by atoms with Crippen molar-refractivity contribution < 1.29 is 14.3 Å². The van der Waals surface area contributed by atoms with Crippen LogP contribution in [-0.2, 0) is 4.79 Å². The van der Waals surface area contributed by atoms with Gasteiger partial charge in [-0.3, -0.25) is 4.79 Å². The average Bonchev–Trinajstić information content (AvgIpc) is 2.69. The monoisotopic (exact) mass is 363 g/mol. The van der Waals surface area contributed by atoms with Crippen LogP contribution in [0.25, 0.3) is 10.8 Å². The molecular weight excluding hydrogens is 338 g/mol. The zero-order chi connectivity index (χ0) is 19.2. The standard InChI is InChI=1S/C23H25NO3/c1-16-5-4-6-22(13-16)27-12-11-24-23(25)17(2)18-7-8-20-15-21(26-3)10-9-19(20)14-18/h4-10,13-15,17H,11-12H2,1-3H3,(H,24,25)/t17-/m0/s1. The number of benzene rings is 3. The van der Waals surface area contributed by atoms with E-state index in [0.717, 1.165) is 33.4 Å². The fourth-order valence-electron chi connectivity index (χ4n) is 2.99. The van der Waals surface area contributed by atoms with Gasteiger partial charge in [-0.05, 0) is 60.0 Å². The summed E-state index contributed by atoms with van der Waals surface area (Å²) in [5.41, 5.74) is 2.14. The lowest BCUT2D eigenvalue weighted by molar-refractivity contribution is -0.122. The molecule has 1 atom stereocenters. The van der Waals surface area contributed by atoms with E-state index in [1.807, 2.05) is 68.4 Å². The quantitative estimate of drug-likeness (QED) is 0.631. The van der Waals surface area contributed by atoms with Gasteiger partial charge in [-0.2, -0.15) is 0 Å². The van der Waals surface area contributed by atoms with Crippen molar-refractivity contribution in [1.82, 2.24) is 5.32 Å². The van der Waals surface area contributed by atoms with Gasteiger partial charge in [-0.25, -0.2) is 0 Å². The molecule has 0 aromatic heterocycles. The molecule has 4 nitrogen and oxygen atoms in total. The zero-order valence-electron chi connectivity index (χ0n) is 16.0. The van der Waals surface area contributed by atoms with E-state index in [9.17, 15) is 4.79 Å². The highest BCUT2D eigenvalue weighted by Gasteiger charge is 2.15. The Morgan fingerprint density at radius 2 is 1.78 bits per heavy atom. The minimum atomic E-state index is -0.226. The van der Waals surface area contributed by atoms with E-state index in [2.05, 4.69) is 11.4 Å². The smallest absolute Gasteiger partial charge is 0.227 e. The summed E-state index contributed by atoms with van der Waals surface area (Å²) in [7, 11) is 1.66. The van der Waals surface area contributed by atoms with Crippen LogP contribution in [0, 0.1) is 6.92 Å². The van der Waals surface area contributed by atoms with Gasteiger partial charge >= 0.3 is 0 Å². The highest BCUT2D eigenvalue weighted by atomic mass is 16.5. The van der Waals surface area contributed by atoms with Crippen molar-refractivity contribution in [3.8, 4) is 11.5 Å². The first-order chi connectivity index (χ1) is 13.1. The summed E-state index contributed by atoms with van der Waals surface area (Å²) in [6, 6.07) is 19.9. The number of methoxy groups -OCH3 is 1. The lowest BCUT2D eigenvalue weighted by atomic mass is 9.97. The topological polar surface area (TPSA) is 47.6 Å². The fourth-order valence-corrected chi connectivity index (χ4v) is 2.99. The lowest BCUT2D eigenvalue weighted by Crippen LogP contribution is -2.31. The van der Waals surface area contributed by atoms with Crippen LogP contribution in [0.4, 0.5) is 0 Å². The number of fused-ring (bicyclic) bond motifs is 1. The second-order valence-electron chi connectivity index (χ2n) is 6.65. The third-order valence-corrected chi connectivity index (χ3v) is 4.62. The number of hydrogen-bond donors (Lipinski definition) is 1. The number of amides is 1. The van der Waals surface area contributed by atoms with Crippen LogP contribution in [0.5, 0.6) is 11.5 Å². The molecule has 0 aliphatic heterocycles. The number of carbonyl (C=O) groups is 1. The summed E-state index contributed by atoms with van der Waals surface area (Å²) in [6.07, 6.45) is 0. The molecule has 3 aromatic rings. The van der Waals surface area contributed by atoms with Crippen molar-refractivity contribution in [2.75, 3.05) is 20.3 Å². The number of carbonyl (C=O) groups excluding carboxylic acids is 1. The maximum atomic E-state index is 12.5. The van der Waals surface area contributed by atoms with Crippen LogP contribution in [-0.4, -0.2) is 26.2 Å². The normalized spacial score (nSPS) is 11.8. The molecule has 4 heteroatoms. The van der Waals surface area contributed by atoms with Gasteiger partial charge in [-0.1, -0.05) is 36.4 Å². The molecule has 140 valence electrons. The molecule has 1 amide bonds. The van der Waals surface area contributed by atoms with Crippen LogP contribution >= 0.6 is 0 Å². The van der Waals surface area contributed by atoms with E-state index >= 15 is 0 Å². The molecule has 0 bridgehead atoms. The van der Waals surface area contributed by atoms with E-state index in [4.69, 9.17) is 9.47 Å². The van der Waals surface area contributed by atoms with E-state index < -0.39 is 0 Å². The fraction of sp³-hybridized carbons (Fsp3) is 0.261. The van der Waals surface area contributed by atoms with Crippen molar-refractivity contribution >= 4 is 16.7 Å². The van der Waals surface area contributed by atoms with Gasteiger partial charge in [-0.15, -0.1) is 0 Å². The van der Waals surface area contributed by atoms with Crippen LogP contribution in [0.15, 0.2) is 60.7 Å². The van der Waals surface area contributed by atoms with Crippen LogP contribution in [0.1, 0.15) is 24.0 Å². The molecule has 0 radical (unpaired) electrons. The van der Waals surface area contributed by atoms with Gasteiger partial charge in [0.05, 0.1) is 19.6 Å². The summed E-state index contributed by atoms with van der Waals surface area (Å²) >= 11 is 0. The van der Waals surface area contributed by atoms with Crippen molar-refractivity contribution in [3.63, 3.8) is 0 Å². The average molecular weight is 363 g/mol. The molecule has 0 saturated carbocycles. The minimum absolute atomic E-state index is 0.00398. The van der Waals surface area contributed by atoms with Crippen molar-refractivity contribution in [3.05, 3.63) is 71.8 Å². The molecule has 27 heavy (non-hydrogen) atoms. The molecule has 0 unspecified atom stereocenters.